The van der Waals surface area contributed by atoms with Gasteiger partial charge in [-0.3, -0.25) is 4.79 Å². The number of nitrogens with one attached hydrogen (secondary N) is 1. The number of carbonyl (C=O) groups excluding carboxylic acids is 1. The molecule has 0 aliphatic carbocycles. The lowest BCUT2D eigenvalue weighted by Gasteiger charge is -2.15. The molecule has 11 heteroatoms. The Kier molecular flexibility index (Phi) is 5.88. The van der Waals surface area contributed by atoms with E-state index in [4.69, 9.17) is 4.74 Å². The number of aryl methyl sites for hydroxylation is 1. The molecule has 1 N–H and O–H groups in total. The van der Waals surface area contributed by atoms with Gasteiger partial charge in [-0.15, -0.1) is 0 Å². The first kappa shape index (κ1) is 20.8. The predicted octanol–water partition coefficient (Wildman–Crippen LogP) is 0.768. The second-order valence-electron chi connectivity index (χ2n) is 5.74. The predicted molar refractivity (Wildman–Crippen MR) is 97.5 cm³/mol. The highest BCUT2D eigenvalue weighted by Gasteiger charge is 2.29. The van der Waals surface area contributed by atoms with Gasteiger partial charge in [-0.25, -0.2) is 30.8 Å². The van der Waals surface area contributed by atoms with Gasteiger partial charge in [-0.2, -0.15) is 0 Å². The van der Waals surface area contributed by atoms with Crippen molar-refractivity contribution >= 4 is 26.0 Å². The van der Waals surface area contributed by atoms with Gasteiger partial charge in [0.05, 0.1) is 7.11 Å². The molecule has 0 fully saturated rings. The lowest BCUT2D eigenvalue weighted by molar-refractivity contribution is 0.0975. The molecule has 9 nitrogen and oxygen atoms in total. The van der Waals surface area contributed by atoms with Crippen LogP contribution in [-0.4, -0.2) is 53.2 Å². The van der Waals surface area contributed by atoms with Gasteiger partial charge in [0, 0.05) is 20.2 Å². The molecule has 2 aromatic rings. The summed E-state index contributed by atoms with van der Waals surface area (Å²) in [6.45, 7) is 1.69. The van der Waals surface area contributed by atoms with Crippen LogP contribution in [0.3, 0.4) is 0 Å². The number of methoxy groups -OCH3 is 1. The monoisotopic (exact) mass is 413 g/mol. The summed E-state index contributed by atoms with van der Waals surface area (Å²) in [7, 11) is -4.60. The normalized spacial score (nSPS) is 12.0. The third-order valence-corrected chi connectivity index (χ3v) is 6.90. The highest BCUT2D eigenvalue weighted by molar-refractivity contribution is 7.92. The van der Waals surface area contributed by atoms with E-state index in [-0.39, 0.29) is 11.6 Å². The SMILES string of the molecule is COc1cc(C)cc(C(=O)NS(=O)(=O)c2ccccc2S(=O)(=O)N(C)C)n1. The number of hydrogen-bond donors (Lipinski definition) is 1. The molecule has 27 heavy (non-hydrogen) atoms. The maximum Gasteiger partial charge on any atom is 0.283 e. The molecule has 0 saturated carbocycles. The Bertz CT molecular complexity index is 1080. The van der Waals surface area contributed by atoms with Gasteiger partial charge in [-0.1, -0.05) is 12.1 Å². The van der Waals surface area contributed by atoms with Gasteiger partial charge < -0.3 is 4.74 Å². The minimum atomic E-state index is -4.47. The van der Waals surface area contributed by atoms with Crippen molar-refractivity contribution in [3.63, 3.8) is 0 Å². The topological polar surface area (TPSA) is 123 Å². The smallest absolute Gasteiger partial charge is 0.283 e. The van der Waals surface area contributed by atoms with Crippen molar-refractivity contribution in [3.8, 4) is 5.88 Å². The van der Waals surface area contributed by atoms with E-state index in [0.717, 1.165) is 16.4 Å². The van der Waals surface area contributed by atoms with E-state index in [1.165, 1.54) is 39.4 Å². The number of ether oxygens (including phenoxy) is 1. The average molecular weight is 413 g/mol. The summed E-state index contributed by atoms with van der Waals surface area (Å²) in [6.07, 6.45) is 0. The van der Waals surface area contributed by atoms with Crippen LogP contribution in [0.5, 0.6) is 5.88 Å². The molecule has 0 aliphatic rings. The van der Waals surface area contributed by atoms with Crippen molar-refractivity contribution in [2.24, 2.45) is 0 Å². The van der Waals surface area contributed by atoms with Crippen LogP contribution in [0.25, 0.3) is 0 Å². The Hall–Kier alpha value is -2.50. The molecule has 2 rings (SSSR count). The fourth-order valence-corrected chi connectivity index (χ4v) is 4.83. The molecule has 0 spiro atoms. The molecule has 0 unspecified atom stereocenters. The van der Waals surface area contributed by atoms with E-state index in [0.29, 0.717) is 5.56 Å². The molecule has 0 saturated heterocycles. The van der Waals surface area contributed by atoms with E-state index in [1.54, 1.807) is 13.0 Å². The fourth-order valence-electron chi connectivity index (χ4n) is 2.17. The van der Waals surface area contributed by atoms with Crippen molar-refractivity contribution < 1.29 is 26.4 Å². The van der Waals surface area contributed by atoms with Gasteiger partial charge >= 0.3 is 0 Å². The first-order chi connectivity index (χ1) is 12.5. The number of nitrogens with zero attached hydrogens (tertiary/aromatic N) is 2. The number of benzene rings is 1. The zero-order valence-electron chi connectivity index (χ0n) is 15.1. The number of aromatic nitrogens is 1. The molecule has 1 heterocycles. The van der Waals surface area contributed by atoms with Crippen LogP contribution in [0, 0.1) is 6.92 Å². The van der Waals surface area contributed by atoms with Crippen LogP contribution in [0.2, 0.25) is 0 Å². The van der Waals surface area contributed by atoms with E-state index < -0.39 is 35.7 Å². The molecule has 0 bridgehead atoms. The van der Waals surface area contributed by atoms with Gasteiger partial charge in [-0.05, 0) is 30.7 Å². The zero-order valence-corrected chi connectivity index (χ0v) is 16.8. The lowest BCUT2D eigenvalue weighted by Crippen LogP contribution is -2.33. The maximum absolute atomic E-state index is 12.7. The Morgan fingerprint density at radius 3 is 2.22 bits per heavy atom. The third kappa shape index (κ3) is 4.43. The summed E-state index contributed by atoms with van der Waals surface area (Å²) < 4.78 is 57.9. The largest absolute Gasteiger partial charge is 0.481 e. The van der Waals surface area contributed by atoms with Crippen LogP contribution < -0.4 is 9.46 Å². The van der Waals surface area contributed by atoms with Crippen LogP contribution in [0.15, 0.2) is 46.2 Å². The van der Waals surface area contributed by atoms with Crippen LogP contribution >= 0.6 is 0 Å². The van der Waals surface area contributed by atoms with E-state index in [1.807, 2.05) is 4.72 Å². The van der Waals surface area contributed by atoms with Gasteiger partial charge in [0.25, 0.3) is 15.9 Å². The minimum Gasteiger partial charge on any atom is -0.481 e. The Balaban J connectivity index is 2.47. The summed E-state index contributed by atoms with van der Waals surface area (Å²) in [5.41, 5.74) is 0.461. The number of hydrogen-bond acceptors (Lipinski definition) is 7. The first-order valence-corrected chi connectivity index (χ1v) is 10.5. The first-order valence-electron chi connectivity index (χ1n) is 7.60. The summed E-state index contributed by atoms with van der Waals surface area (Å²) >= 11 is 0. The second kappa shape index (κ2) is 7.62. The van der Waals surface area contributed by atoms with Crippen molar-refractivity contribution in [3.05, 3.63) is 47.7 Å². The van der Waals surface area contributed by atoms with Crippen LogP contribution in [-0.2, 0) is 20.0 Å². The van der Waals surface area contributed by atoms with E-state index in [2.05, 4.69) is 4.98 Å². The molecule has 0 radical (unpaired) electrons. The Labute approximate surface area is 158 Å². The average Bonchev–Trinajstić information content (AvgIpc) is 2.60. The van der Waals surface area contributed by atoms with Crippen LogP contribution in [0.1, 0.15) is 16.1 Å². The molecule has 146 valence electrons. The quantitative estimate of drug-likeness (QED) is 0.742. The summed E-state index contributed by atoms with van der Waals surface area (Å²) in [4.78, 5) is 15.3. The van der Waals surface area contributed by atoms with E-state index >= 15 is 0 Å². The third-order valence-electron chi connectivity index (χ3n) is 3.51. The summed E-state index contributed by atoms with van der Waals surface area (Å²) in [6, 6.07) is 7.98. The van der Waals surface area contributed by atoms with Crippen molar-refractivity contribution in [1.29, 1.82) is 0 Å². The minimum absolute atomic E-state index is 0.146. The standard InChI is InChI=1S/C16H19N3O6S2/c1-11-9-12(17-15(10-11)25-4)16(20)18-26(21,22)13-7-5-6-8-14(13)27(23,24)19(2)3/h5-10H,1-4H3,(H,18,20). The zero-order chi connectivity index (χ0) is 20.4. The lowest BCUT2D eigenvalue weighted by atomic mass is 10.2. The highest BCUT2D eigenvalue weighted by Crippen LogP contribution is 2.23. The molecule has 0 aliphatic heterocycles. The fraction of sp³-hybridized carbons (Fsp3) is 0.250. The van der Waals surface area contributed by atoms with Crippen LogP contribution in [0.4, 0.5) is 0 Å². The molecular weight excluding hydrogens is 394 g/mol. The Morgan fingerprint density at radius 2 is 1.67 bits per heavy atom. The molecule has 1 aromatic carbocycles. The highest BCUT2D eigenvalue weighted by atomic mass is 32.2. The second-order valence-corrected chi connectivity index (χ2v) is 9.51. The number of pyridine rings is 1. The molecular formula is C16H19N3O6S2. The maximum atomic E-state index is 12.7. The Morgan fingerprint density at radius 1 is 1.07 bits per heavy atom. The van der Waals surface area contributed by atoms with Gasteiger partial charge in [0.15, 0.2) is 0 Å². The number of sulfonamides is 2. The van der Waals surface area contributed by atoms with Crippen molar-refractivity contribution in [1.82, 2.24) is 14.0 Å². The van der Waals surface area contributed by atoms with E-state index in [9.17, 15) is 21.6 Å². The van der Waals surface area contributed by atoms with Crippen molar-refractivity contribution in [2.75, 3.05) is 21.2 Å². The number of amides is 1. The van der Waals surface area contributed by atoms with Gasteiger partial charge in [0.1, 0.15) is 15.5 Å². The summed E-state index contributed by atoms with van der Waals surface area (Å²) in [5.74, 6) is -0.859. The molecule has 1 aromatic heterocycles. The molecule has 0 atom stereocenters. The summed E-state index contributed by atoms with van der Waals surface area (Å²) in [5, 5.41) is 0. The van der Waals surface area contributed by atoms with Gasteiger partial charge in [0.2, 0.25) is 15.9 Å². The van der Waals surface area contributed by atoms with Crippen molar-refractivity contribution in [2.45, 2.75) is 16.7 Å². The number of carbonyl (C=O) groups is 1. The molecule has 1 amide bonds. The number of rotatable bonds is 6.